The number of nitrogens with zero attached hydrogens (tertiary/aromatic N) is 1. The summed E-state index contributed by atoms with van der Waals surface area (Å²) in [6.07, 6.45) is 0. The number of carbonyl (C=O) groups is 1. The number of aryl methyl sites for hydroxylation is 1. The number of benzene rings is 1. The topological polar surface area (TPSA) is 83.0 Å². The van der Waals surface area contributed by atoms with Gasteiger partial charge in [-0.15, -0.1) is 11.3 Å². The number of carboxylic acid groups (broad SMARTS) is 1. The molecule has 2 aromatic heterocycles. The lowest BCUT2D eigenvalue weighted by molar-refractivity contribution is -0.138. The quantitative estimate of drug-likeness (QED) is 0.439. The van der Waals surface area contributed by atoms with Gasteiger partial charge in [0.15, 0.2) is 5.16 Å². The van der Waals surface area contributed by atoms with Crippen LogP contribution >= 0.6 is 46.3 Å². The van der Waals surface area contributed by atoms with Gasteiger partial charge in [-0.25, -0.2) is 4.98 Å². The molecule has 9 heteroatoms. The van der Waals surface area contributed by atoms with Gasteiger partial charge in [0.1, 0.15) is 9.58 Å². The minimum atomic E-state index is -1.11. The molecule has 2 N–H and O–H groups in total. The molecule has 0 spiro atoms. The van der Waals surface area contributed by atoms with E-state index < -0.39 is 10.7 Å². The number of hydrogen-bond acceptors (Lipinski definition) is 5. The minimum absolute atomic E-state index is 0.275. The van der Waals surface area contributed by atoms with Crippen LogP contribution < -0.4 is 5.56 Å². The number of aromatic nitrogens is 2. The van der Waals surface area contributed by atoms with Crippen molar-refractivity contribution in [2.24, 2.45) is 0 Å². The second-order valence-electron chi connectivity index (χ2n) is 6.13. The number of hydrogen-bond donors (Lipinski definition) is 2. The fourth-order valence-corrected chi connectivity index (χ4v) is 4.69. The number of carboxylic acids is 1. The molecule has 0 aliphatic heterocycles. The first-order valence-electron chi connectivity index (χ1n) is 7.51. The molecule has 0 bridgehead atoms. The zero-order valence-corrected chi connectivity index (χ0v) is 17.2. The van der Waals surface area contributed by atoms with Crippen molar-refractivity contribution in [1.29, 1.82) is 0 Å². The van der Waals surface area contributed by atoms with E-state index in [1.165, 1.54) is 11.3 Å². The number of thiophene rings is 1. The van der Waals surface area contributed by atoms with Crippen LogP contribution in [0.15, 0.2) is 28.2 Å². The van der Waals surface area contributed by atoms with E-state index in [2.05, 4.69) is 9.97 Å². The predicted molar refractivity (Wildman–Crippen MR) is 108 cm³/mol. The minimum Gasteiger partial charge on any atom is -0.480 e. The van der Waals surface area contributed by atoms with Crippen molar-refractivity contribution in [2.75, 3.05) is 0 Å². The van der Waals surface area contributed by atoms with E-state index in [1.807, 2.05) is 6.92 Å². The number of rotatable bonds is 4. The molecule has 0 aliphatic rings. The summed E-state index contributed by atoms with van der Waals surface area (Å²) < 4.78 is -1.11. The molecule has 0 atom stereocenters. The molecule has 0 aliphatic carbocycles. The standard InChI is InChI=1S/C17H14Cl2N2O3S2/c1-7-11(8-4-5-9(18)10(19)6-8)12-13(22)20-16(21-14(12)25-7)26-17(2,3)15(23)24/h4-6H,1-3H3,(H,23,24)(H,20,21,22). The first-order chi connectivity index (χ1) is 12.1. The summed E-state index contributed by atoms with van der Waals surface area (Å²) in [5.41, 5.74) is 1.22. The Morgan fingerprint density at radius 2 is 2.00 bits per heavy atom. The maximum atomic E-state index is 12.7. The Kier molecular flexibility index (Phi) is 5.09. The Morgan fingerprint density at radius 3 is 2.62 bits per heavy atom. The van der Waals surface area contributed by atoms with Gasteiger partial charge in [-0.2, -0.15) is 0 Å². The van der Waals surface area contributed by atoms with Crippen molar-refractivity contribution in [2.45, 2.75) is 30.7 Å². The summed E-state index contributed by atoms with van der Waals surface area (Å²) in [7, 11) is 0. The third-order valence-corrected chi connectivity index (χ3v) is 6.60. The third-order valence-electron chi connectivity index (χ3n) is 3.79. The molecule has 1 aromatic carbocycles. The Morgan fingerprint density at radius 1 is 1.31 bits per heavy atom. The van der Waals surface area contributed by atoms with Crippen LogP contribution in [0.1, 0.15) is 18.7 Å². The van der Waals surface area contributed by atoms with E-state index in [1.54, 1.807) is 32.0 Å². The summed E-state index contributed by atoms with van der Waals surface area (Å²) in [5, 5.41) is 10.8. The maximum Gasteiger partial charge on any atom is 0.319 e. The molecule has 0 saturated heterocycles. The normalized spacial score (nSPS) is 11.9. The summed E-state index contributed by atoms with van der Waals surface area (Å²) in [6.45, 7) is 5.02. The predicted octanol–water partition coefficient (Wildman–Crippen LogP) is 5.22. The lowest BCUT2D eigenvalue weighted by Gasteiger charge is -2.16. The smallest absolute Gasteiger partial charge is 0.319 e. The number of thioether (sulfide) groups is 1. The van der Waals surface area contributed by atoms with Gasteiger partial charge < -0.3 is 10.1 Å². The van der Waals surface area contributed by atoms with Gasteiger partial charge in [0.2, 0.25) is 0 Å². The number of fused-ring (bicyclic) bond motifs is 1. The van der Waals surface area contributed by atoms with Crippen molar-refractivity contribution in [3.63, 3.8) is 0 Å². The van der Waals surface area contributed by atoms with Crippen molar-refractivity contribution in [3.05, 3.63) is 43.5 Å². The van der Waals surface area contributed by atoms with Gasteiger partial charge in [0.25, 0.3) is 5.56 Å². The molecule has 0 saturated carbocycles. The van der Waals surface area contributed by atoms with Crippen LogP contribution in [0.5, 0.6) is 0 Å². The number of aromatic amines is 1. The van der Waals surface area contributed by atoms with Crippen LogP contribution in [-0.2, 0) is 4.79 Å². The lowest BCUT2D eigenvalue weighted by Crippen LogP contribution is -2.27. The highest BCUT2D eigenvalue weighted by Gasteiger charge is 2.30. The molecule has 0 amide bonds. The van der Waals surface area contributed by atoms with Gasteiger partial charge in [-0.1, -0.05) is 41.0 Å². The largest absolute Gasteiger partial charge is 0.480 e. The van der Waals surface area contributed by atoms with E-state index >= 15 is 0 Å². The molecule has 0 unspecified atom stereocenters. The monoisotopic (exact) mass is 428 g/mol. The molecule has 136 valence electrons. The number of H-pyrrole nitrogens is 1. The molecular weight excluding hydrogens is 415 g/mol. The number of halogens is 2. The van der Waals surface area contributed by atoms with Crippen molar-refractivity contribution >= 4 is 62.5 Å². The fourth-order valence-electron chi connectivity index (χ4n) is 2.43. The summed E-state index contributed by atoms with van der Waals surface area (Å²) >= 11 is 14.5. The van der Waals surface area contributed by atoms with E-state index in [0.717, 1.165) is 27.8 Å². The molecule has 2 heterocycles. The van der Waals surface area contributed by atoms with Gasteiger partial charge in [-0.05, 0) is 38.5 Å². The van der Waals surface area contributed by atoms with Gasteiger partial charge >= 0.3 is 5.97 Å². The Labute approximate surface area is 167 Å². The van der Waals surface area contributed by atoms with Gasteiger partial charge in [-0.3, -0.25) is 9.59 Å². The highest BCUT2D eigenvalue weighted by atomic mass is 35.5. The van der Waals surface area contributed by atoms with Crippen LogP contribution in [0, 0.1) is 6.92 Å². The van der Waals surface area contributed by atoms with Crippen LogP contribution in [0.4, 0.5) is 0 Å². The first kappa shape index (κ1) is 19.2. The van der Waals surface area contributed by atoms with E-state index in [4.69, 9.17) is 23.2 Å². The Balaban J connectivity index is 2.17. The van der Waals surface area contributed by atoms with Crippen LogP contribution in [0.25, 0.3) is 21.3 Å². The van der Waals surface area contributed by atoms with E-state index in [9.17, 15) is 14.7 Å². The molecule has 3 rings (SSSR count). The van der Waals surface area contributed by atoms with Crippen molar-refractivity contribution in [1.82, 2.24) is 9.97 Å². The highest BCUT2D eigenvalue weighted by molar-refractivity contribution is 8.01. The Bertz CT molecular complexity index is 1090. The summed E-state index contributed by atoms with van der Waals surface area (Å²) in [6, 6.07) is 5.20. The zero-order chi connectivity index (χ0) is 19.2. The van der Waals surface area contributed by atoms with Crippen LogP contribution in [-0.4, -0.2) is 25.8 Å². The second-order valence-corrected chi connectivity index (χ2v) is 9.76. The molecule has 0 fully saturated rings. The zero-order valence-electron chi connectivity index (χ0n) is 14.0. The van der Waals surface area contributed by atoms with Gasteiger partial charge in [0.05, 0.1) is 15.4 Å². The fraction of sp³-hybridized carbons (Fsp3) is 0.235. The summed E-state index contributed by atoms with van der Waals surface area (Å²) in [5.74, 6) is -0.982. The van der Waals surface area contributed by atoms with Crippen molar-refractivity contribution < 1.29 is 9.90 Å². The van der Waals surface area contributed by atoms with Crippen LogP contribution in [0.2, 0.25) is 10.0 Å². The van der Waals surface area contributed by atoms with Gasteiger partial charge in [0, 0.05) is 10.4 Å². The highest BCUT2D eigenvalue weighted by Crippen LogP contribution is 2.39. The SMILES string of the molecule is Cc1sc2nc(SC(C)(C)C(=O)O)[nH]c(=O)c2c1-c1ccc(Cl)c(Cl)c1. The van der Waals surface area contributed by atoms with E-state index in [-0.39, 0.29) is 10.7 Å². The summed E-state index contributed by atoms with van der Waals surface area (Å²) in [4.78, 5) is 32.6. The first-order valence-corrected chi connectivity index (χ1v) is 9.90. The third kappa shape index (κ3) is 3.49. The maximum absolute atomic E-state index is 12.7. The number of aliphatic carboxylic acids is 1. The Hall–Kier alpha value is -1.54. The van der Waals surface area contributed by atoms with E-state index in [0.29, 0.717) is 20.3 Å². The van der Waals surface area contributed by atoms with Crippen LogP contribution in [0.3, 0.4) is 0 Å². The second kappa shape index (κ2) is 6.88. The molecule has 26 heavy (non-hydrogen) atoms. The lowest BCUT2D eigenvalue weighted by atomic mass is 10.0. The average molecular weight is 429 g/mol. The molecule has 0 radical (unpaired) electrons. The number of nitrogens with one attached hydrogen (secondary N) is 1. The molecular formula is C17H14Cl2N2O3S2. The van der Waals surface area contributed by atoms with Crippen molar-refractivity contribution in [3.8, 4) is 11.1 Å². The average Bonchev–Trinajstić information content (AvgIpc) is 2.86. The molecule has 5 nitrogen and oxygen atoms in total. The molecule has 3 aromatic rings.